The van der Waals surface area contributed by atoms with Crippen LogP contribution in [0.5, 0.6) is 0 Å². The van der Waals surface area contributed by atoms with Crippen LogP contribution in [0.15, 0.2) is 78.0 Å². The molecule has 0 atom stereocenters. The minimum Gasteiger partial charge on any atom is -0.325 e. The fourth-order valence-electron chi connectivity index (χ4n) is 3.31. The number of hydrogen-bond acceptors (Lipinski definition) is 4. The Morgan fingerprint density at radius 2 is 1.78 bits per heavy atom. The van der Waals surface area contributed by atoms with Crippen LogP contribution >= 0.6 is 23.4 Å². The molecule has 0 aliphatic carbocycles. The third-order valence-corrected chi connectivity index (χ3v) is 6.15. The lowest BCUT2D eigenvalue weighted by Gasteiger charge is -2.11. The molecule has 0 aliphatic rings. The number of benzene rings is 3. The summed E-state index contributed by atoms with van der Waals surface area (Å²) in [6, 6.07) is 23.5. The zero-order valence-corrected chi connectivity index (χ0v) is 19.5. The van der Waals surface area contributed by atoms with E-state index in [0.29, 0.717) is 16.0 Å². The van der Waals surface area contributed by atoms with E-state index >= 15 is 0 Å². The number of amides is 1. The average molecular weight is 463 g/mol. The molecular formula is C25H23ClN4OS. The Morgan fingerprint density at radius 1 is 1.03 bits per heavy atom. The van der Waals surface area contributed by atoms with Crippen LogP contribution in [0.25, 0.3) is 17.1 Å². The van der Waals surface area contributed by atoms with Gasteiger partial charge < -0.3 is 5.32 Å². The Morgan fingerprint density at radius 3 is 2.47 bits per heavy atom. The van der Waals surface area contributed by atoms with E-state index in [4.69, 9.17) is 11.6 Å². The molecule has 7 heteroatoms. The first-order chi connectivity index (χ1) is 15.5. The van der Waals surface area contributed by atoms with E-state index < -0.39 is 0 Å². The van der Waals surface area contributed by atoms with Gasteiger partial charge in [-0.2, -0.15) is 0 Å². The summed E-state index contributed by atoms with van der Waals surface area (Å²) in [7, 11) is 0. The molecule has 0 aliphatic heterocycles. The number of thioether (sulfide) groups is 1. The number of nitrogens with zero attached hydrogens (tertiary/aromatic N) is 3. The summed E-state index contributed by atoms with van der Waals surface area (Å²) >= 11 is 7.44. The van der Waals surface area contributed by atoms with Crippen molar-refractivity contribution in [3.05, 3.63) is 88.9 Å². The molecule has 4 rings (SSSR count). The molecule has 0 radical (unpaired) electrons. The van der Waals surface area contributed by atoms with Gasteiger partial charge in [-0.25, -0.2) is 0 Å². The smallest absolute Gasteiger partial charge is 0.234 e. The van der Waals surface area contributed by atoms with E-state index in [1.807, 2.05) is 78.2 Å². The second kappa shape index (κ2) is 10.0. The molecule has 1 amide bonds. The molecule has 1 aromatic heterocycles. The molecule has 0 spiro atoms. The van der Waals surface area contributed by atoms with Gasteiger partial charge in [-0.15, -0.1) is 10.2 Å². The number of halogens is 1. The maximum Gasteiger partial charge on any atom is 0.234 e. The molecule has 0 unspecified atom stereocenters. The first-order valence-corrected chi connectivity index (χ1v) is 11.7. The molecule has 3 aromatic carbocycles. The van der Waals surface area contributed by atoms with Crippen LogP contribution in [0.2, 0.25) is 5.02 Å². The van der Waals surface area contributed by atoms with Gasteiger partial charge in [0.05, 0.1) is 5.75 Å². The molecule has 5 nitrogen and oxygen atoms in total. The number of anilines is 1. The fourth-order valence-corrected chi connectivity index (χ4v) is 4.19. The predicted octanol–water partition coefficient (Wildman–Crippen LogP) is 6.19. The lowest BCUT2D eigenvalue weighted by atomic mass is 10.1. The highest BCUT2D eigenvalue weighted by Crippen LogP contribution is 2.29. The maximum absolute atomic E-state index is 12.5. The zero-order valence-electron chi connectivity index (χ0n) is 17.9. The van der Waals surface area contributed by atoms with Gasteiger partial charge in [0.2, 0.25) is 5.91 Å². The SMILES string of the molecule is CCc1ccc(NC(=O)CSc2nnc(-c3cccc(C)c3)n2-c2ccc(Cl)cc2)cc1. The number of aromatic nitrogens is 3. The zero-order chi connectivity index (χ0) is 22.5. The second-order valence-electron chi connectivity index (χ2n) is 7.37. The van der Waals surface area contributed by atoms with Gasteiger partial charge in [0.25, 0.3) is 0 Å². The molecule has 0 saturated carbocycles. The van der Waals surface area contributed by atoms with Crippen LogP contribution in [0.4, 0.5) is 5.69 Å². The Kier molecular flexibility index (Phi) is 6.93. The van der Waals surface area contributed by atoms with Gasteiger partial charge in [0.1, 0.15) is 0 Å². The third kappa shape index (κ3) is 5.21. The average Bonchev–Trinajstić information content (AvgIpc) is 3.23. The molecule has 162 valence electrons. The third-order valence-electron chi connectivity index (χ3n) is 4.97. The lowest BCUT2D eigenvalue weighted by Crippen LogP contribution is -2.14. The van der Waals surface area contributed by atoms with Crippen LogP contribution in [-0.4, -0.2) is 26.4 Å². The van der Waals surface area contributed by atoms with Crippen LogP contribution in [0, 0.1) is 6.92 Å². The Labute approximate surface area is 196 Å². The van der Waals surface area contributed by atoms with E-state index in [1.165, 1.54) is 17.3 Å². The molecule has 0 saturated heterocycles. The number of nitrogens with one attached hydrogen (secondary N) is 1. The highest BCUT2D eigenvalue weighted by atomic mass is 35.5. The largest absolute Gasteiger partial charge is 0.325 e. The highest BCUT2D eigenvalue weighted by molar-refractivity contribution is 7.99. The predicted molar refractivity (Wildman–Crippen MR) is 132 cm³/mol. The Bertz CT molecular complexity index is 1220. The van der Waals surface area contributed by atoms with Crippen LogP contribution < -0.4 is 5.32 Å². The molecule has 4 aromatic rings. The summed E-state index contributed by atoms with van der Waals surface area (Å²) in [5.74, 6) is 0.839. The van der Waals surface area contributed by atoms with Crippen LogP contribution in [-0.2, 0) is 11.2 Å². The first kappa shape index (κ1) is 22.1. The number of carbonyl (C=O) groups excluding carboxylic acids is 1. The van der Waals surface area contributed by atoms with Crippen molar-refractivity contribution < 1.29 is 4.79 Å². The van der Waals surface area contributed by atoms with Crippen LogP contribution in [0.1, 0.15) is 18.1 Å². The van der Waals surface area contributed by atoms with Gasteiger partial charge in [-0.1, -0.05) is 66.2 Å². The van der Waals surface area contributed by atoms with Gasteiger partial charge in [0.15, 0.2) is 11.0 Å². The highest BCUT2D eigenvalue weighted by Gasteiger charge is 2.17. The van der Waals surface area contributed by atoms with E-state index in [2.05, 4.69) is 28.5 Å². The summed E-state index contributed by atoms with van der Waals surface area (Å²) in [4.78, 5) is 12.5. The normalized spacial score (nSPS) is 10.8. The Balaban J connectivity index is 1.57. The molecule has 0 fully saturated rings. The van der Waals surface area contributed by atoms with Gasteiger partial charge in [-0.05, 0) is 61.4 Å². The number of rotatable bonds is 7. The monoisotopic (exact) mass is 462 g/mol. The Hall–Kier alpha value is -3.09. The van der Waals surface area contributed by atoms with Crippen molar-refractivity contribution in [1.29, 1.82) is 0 Å². The second-order valence-corrected chi connectivity index (χ2v) is 8.75. The summed E-state index contributed by atoms with van der Waals surface area (Å²) in [5, 5.41) is 13.1. The molecule has 1 heterocycles. The quantitative estimate of drug-likeness (QED) is 0.333. The molecule has 1 N–H and O–H groups in total. The molecule has 0 bridgehead atoms. The standard InChI is InChI=1S/C25H23ClN4OS/c1-3-18-7-11-21(12-8-18)27-23(31)16-32-25-29-28-24(19-6-4-5-17(2)15-19)30(25)22-13-9-20(26)10-14-22/h4-15H,3,16H2,1-2H3,(H,27,31). The minimum atomic E-state index is -0.0954. The number of aryl methyl sites for hydroxylation is 2. The minimum absolute atomic E-state index is 0.0954. The summed E-state index contributed by atoms with van der Waals surface area (Å²) in [6.45, 7) is 4.14. The van der Waals surface area contributed by atoms with E-state index in [9.17, 15) is 4.79 Å². The van der Waals surface area contributed by atoms with Gasteiger partial charge >= 0.3 is 0 Å². The van der Waals surface area contributed by atoms with Crippen molar-refractivity contribution in [2.75, 3.05) is 11.1 Å². The molecular weight excluding hydrogens is 440 g/mol. The van der Waals surface area contributed by atoms with Crippen LogP contribution in [0.3, 0.4) is 0 Å². The number of carbonyl (C=O) groups is 1. The first-order valence-electron chi connectivity index (χ1n) is 10.3. The van der Waals surface area contributed by atoms with Crippen molar-refractivity contribution in [2.45, 2.75) is 25.4 Å². The summed E-state index contributed by atoms with van der Waals surface area (Å²) < 4.78 is 1.96. The lowest BCUT2D eigenvalue weighted by molar-refractivity contribution is -0.113. The number of hydrogen-bond donors (Lipinski definition) is 1. The van der Waals surface area contributed by atoms with Crippen molar-refractivity contribution in [1.82, 2.24) is 14.8 Å². The maximum atomic E-state index is 12.5. The molecule has 32 heavy (non-hydrogen) atoms. The summed E-state index contributed by atoms with van der Waals surface area (Å²) in [6.07, 6.45) is 0.966. The van der Waals surface area contributed by atoms with E-state index in [-0.39, 0.29) is 11.7 Å². The van der Waals surface area contributed by atoms with E-state index in [1.54, 1.807) is 0 Å². The van der Waals surface area contributed by atoms with Crippen molar-refractivity contribution in [2.24, 2.45) is 0 Å². The van der Waals surface area contributed by atoms with Crippen molar-refractivity contribution >= 4 is 35.0 Å². The van der Waals surface area contributed by atoms with Gasteiger partial charge in [0, 0.05) is 22.0 Å². The topological polar surface area (TPSA) is 59.8 Å². The van der Waals surface area contributed by atoms with Crippen molar-refractivity contribution in [3.8, 4) is 17.1 Å². The fraction of sp³-hybridized carbons (Fsp3) is 0.160. The summed E-state index contributed by atoms with van der Waals surface area (Å²) in [5.41, 5.74) is 4.99. The van der Waals surface area contributed by atoms with Crippen molar-refractivity contribution in [3.63, 3.8) is 0 Å². The van der Waals surface area contributed by atoms with Gasteiger partial charge in [-0.3, -0.25) is 9.36 Å². The van der Waals surface area contributed by atoms with E-state index in [0.717, 1.165) is 28.9 Å².